The van der Waals surface area contributed by atoms with Crippen LogP contribution in [-0.2, 0) is 11.2 Å². The lowest BCUT2D eigenvalue weighted by atomic mass is 9.97. The summed E-state index contributed by atoms with van der Waals surface area (Å²) in [6.45, 7) is 3.32. The molecule has 1 heterocycles. The van der Waals surface area contributed by atoms with Gasteiger partial charge >= 0.3 is 6.18 Å². The quantitative estimate of drug-likeness (QED) is 0.440. The van der Waals surface area contributed by atoms with Crippen LogP contribution in [0.15, 0.2) is 79.1 Å². The highest BCUT2D eigenvalue weighted by atomic mass is 19.4. The molecule has 1 aromatic heterocycles. The summed E-state index contributed by atoms with van der Waals surface area (Å²) in [5, 5.41) is 14.6. The third-order valence-electron chi connectivity index (χ3n) is 5.64. The number of carbonyl (C=O) groups is 1. The van der Waals surface area contributed by atoms with Crippen molar-refractivity contribution in [3.63, 3.8) is 0 Å². The van der Waals surface area contributed by atoms with E-state index in [1.165, 1.54) is 12.1 Å². The summed E-state index contributed by atoms with van der Waals surface area (Å²) in [6.07, 6.45) is -1.15. The number of aromatic nitrogens is 1. The smallest absolute Gasteiger partial charge is 0.339 e. The number of nitrogens with zero attached hydrogens (tertiary/aromatic N) is 2. The van der Waals surface area contributed by atoms with Crippen molar-refractivity contribution >= 4 is 5.91 Å². The maximum Gasteiger partial charge on any atom is 0.407 e. The SMILES string of the molecule is CC(C)C(NC(c1ccc(-c2ccncc2)cc1)C(F)(F)F)C(=O)NC(C#N)Cc1ccccc1. The van der Waals surface area contributed by atoms with Crippen LogP contribution in [0.2, 0.25) is 0 Å². The molecule has 35 heavy (non-hydrogen) atoms. The lowest BCUT2D eigenvalue weighted by molar-refractivity contribution is -0.161. The molecule has 3 unspecified atom stereocenters. The molecule has 0 aliphatic heterocycles. The van der Waals surface area contributed by atoms with Gasteiger partial charge in [-0.15, -0.1) is 0 Å². The minimum absolute atomic E-state index is 0.00475. The van der Waals surface area contributed by atoms with E-state index in [9.17, 15) is 23.2 Å². The molecule has 8 heteroatoms. The molecule has 2 N–H and O–H groups in total. The molecule has 5 nitrogen and oxygen atoms in total. The lowest BCUT2D eigenvalue weighted by Gasteiger charge is -2.30. The van der Waals surface area contributed by atoms with E-state index in [0.29, 0.717) is 0 Å². The Labute approximate surface area is 203 Å². The van der Waals surface area contributed by atoms with Gasteiger partial charge in [-0.1, -0.05) is 68.4 Å². The maximum absolute atomic E-state index is 14.1. The number of rotatable bonds is 9. The van der Waals surface area contributed by atoms with E-state index in [1.54, 1.807) is 50.5 Å². The van der Waals surface area contributed by atoms with Crippen LogP contribution in [0.5, 0.6) is 0 Å². The fourth-order valence-electron chi connectivity index (χ4n) is 3.78. The molecule has 0 aliphatic rings. The maximum atomic E-state index is 14.1. The summed E-state index contributed by atoms with van der Waals surface area (Å²) >= 11 is 0. The van der Waals surface area contributed by atoms with Crippen molar-refractivity contribution in [3.05, 3.63) is 90.3 Å². The molecule has 0 bridgehead atoms. The minimum Gasteiger partial charge on any atom is -0.339 e. The van der Waals surface area contributed by atoms with Crippen LogP contribution in [0.25, 0.3) is 11.1 Å². The molecule has 3 atom stereocenters. The zero-order valence-corrected chi connectivity index (χ0v) is 19.5. The van der Waals surface area contributed by atoms with Crippen LogP contribution in [0.4, 0.5) is 13.2 Å². The fraction of sp³-hybridized carbons (Fsp3) is 0.296. The second kappa shape index (κ2) is 11.6. The van der Waals surface area contributed by atoms with Crippen molar-refractivity contribution < 1.29 is 18.0 Å². The van der Waals surface area contributed by atoms with Crippen molar-refractivity contribution in [3.8, 4) is 17.2 Å². The lowest BCUT2D eigenvalue weighted by Crippen LogP contribution is -2.53. The number of nitriles is 1. The van der Waals surface area contributed by atoms with Crippen molar-refractivity contribution in [1.82, 2.24) is 15.6 Å². The first-order valence-electron chi connectivity index (χ1n) is 11.3. The monoisotopic (exact) mass is 480 g/mol. The molecule has 0 aliphatic carbocycles. The highest BCUT2D eigenvalue weighted by molar-refractivity contribution is 5.82. The zero-order valence-electron chi connectivity index (χ0n) is 19.5. The Kier molecular flexibility index (Phi) is 8.61. The molecule has 0 spiro atoms. The van der Waals surface area contributed by atoms with Crippen LogP contribution < -0.4 is 10.6 Å². The van der Waals surface area contributed by atoms with Crippen LogP contribution in [0, 0.1) is 17.2 Å². The number of pyridine rings is 1. The van der Waals surface area contributed by atoms with Crippen molar-refractivity contribution in [2.24, 2.45) is 5.92 Å². The van der Waals surface area contributed by atoms with E-state index in [0.717, 1.165) is 16.7 Å². The van der Waals surface area contributed by atoms with Gasteiger partial charge in [0.25, 0.3) is 0 Å². The molecular formula is C27H27F3N4O. The Morgan fingerprint density at radius 3 is 2.11 bits per heavy atom. The van der Waals surface area contributed by atoms with Gasteiger partial charge in [0.1, 0.15) is 12.1 Å². The standard InChI is InChI=1S/C27H27F3N4O/c1-18(2)24(26(35)33-23(17-31)16-19-6-4-3-5-7-19)34-25(27(28,29)30)22-10-8-20(9-11-22)21-12-14-32-15-13-21/h3-15,18,23-25,34H,16H2,1-2H3,(H,33,35). The number of carbonyl (C=O) groups excluding carboxylic acids is 1. The number of hydrogen-bond donors (Lipinski definition) is 2. The number of alkyl halides is 3. The van der Waals surface area contributed by atoms with Gasteiger partial charge < -0.3 is 5.32 Å². The van der Waals surface area contributed by atoms with Crippen LogP contribution in [-0.4, -0.2) is 29.2 Å². The molecule has 1 amide bonds. The van der Waals surface area contributed by atoms with E-state index in [2.05, 4.69) is 15.6 Å². The molecule has 0 saturated heterocycles. The van der Waals surface area contributed by atoms with Crippen molar-refractivity contribution in [1.29, 1.82) is 5.26 Å². The summed E-state index contributed by atoms with van der Waals surface area (Å²) in [7, 11) is 0. The number of nitrogens with one attached hydrogen (secondary N) is 2. The van der Waals surface area contributed by atoms with Gasteiger partial charge in [0.05, 0.1) is 12.1 Å². The van der Waals surface area contributed by atoms with E-state index < -0.39 is 36.1 Å². The topological polar surface area (TPSA) is 77.8 Å². The first-order valence-corrected chi connectivity index (χ1v) is 11.3. The van der Waals surface area contributed by atoms with Gasteiger partial charge in [-0.25, -0.2) is 0 Å². The van der Waals surface area contributed by atoms with Gasteiger partial charge in [0, 0.05) is 18.8 Å². The third-order valence-corrected chi connectivity index (χ3v) is 5.64. The van der Waals surface area contributed by atoms with Crippen LogP contribution >= 0.6 is 0 Å². The predicted molar refractivity (Wildman–Crippen MR) is 128 cm³/mol. The highest BCUT2D eigenvalue weighted by Gasteiger charge is 2.43. The molecule has 0 fully saturated rings. The highest BCUT2D eigenvalue weighted by Crippen LogP contribution is 2.34. The Bertz CT molecular complexity index is 1130. The molecule has 0 saturated carbocycles. The number of halogens is 3. The van der Waals surface area contributed by atoms with Crippen molar-refractivity contribution in [2.45, 2.75) is 44.6 Å². The average Bonchev–Trinajstić information content (AvgIpc) is 2.84. The number of hydrogen-bond acceptors (Lipinski definition) is 4. The molecular weight excluding hydrogens is 453 g/mol. The normalized spacial score (nSPS) is 14.1. The summed E-state index contributed by atoms with van der Waals surface area (Å²) in [5.74, 6) is -1.10. The molecule has 2 aromatic carbocycles. The Morgan fingerprint density at radius 2 is 1.57 bits per heavy atom. The van der Waals surface area contributed by atoms with Gasteiger partial charge in [-0.3, -0.25) is 15.1 Å². The minimum atomic E-state index is -4.63. The van der Waals surface area contributed by atoms with Gasteiger partial charge in [0.2, 0.25) is 5.91 Å². The molecule has 182 valence electrons. The van der Waals surface area contributed by atoms with Crippen LogP contribution in [0.1, 0.15) is 31.0 Å². The summed E-state index contributed by atoms with van der Waals surface area (Å²) in [5.41, 5.74) is 2.43. The van der Waals surface area contributed by atoms with Crippen molar-refractivity contribution in [2.75, 3.05) is 0 Å². The first-order chi connectivity index (χ1) is 16.7. The molecule has 3 rings (SSSR count). The zero-order chi connectivity index (χ0) is 25.4. The number of amides is 1. The third kappa shape index (κ3) is 7.14. The van der Waals surface area contributed by atoms with Crippen LogP contribution in [0.3, 0.4) is 0 Å². The van der Waals surface area contributed by atoms with Gasteiger partial charge in [0.15, 0.2) is 0 Å². The van der Waals surface area contributed by atoms with E-state index >= 15 is 0 Å². The summed E-state index contributed by atoms with van der Waals surface area (Å²) < 4.78 is 42.2. The van der Waals surface area contributed by atoms with E-state index in [4.69, 9.17) is 0 Å². The van der Waals surface area contributed by atoms with Gasteiger partial charge in [-0.05, 0) is 40.3 Å². The summed E-state index contributed by atoms with van der Waals surface area (Å²) in [6, 6.07) is 16.6. The second-order valence-corrected chi connectivity index (χ2v) is 8.60. The number of benzene rings is 2. The average molecular weight is 481 g/mol. The molecule has 3 aromatic rings. The van der Waals surface area contributed by atoms with Gasteiger partial charge in [-0.2, -0.15) is 18.4 Å². The second-order valence-electron chi connectivity index (χ2n) is 8.60. The summed E-state index contributed by atoms with van der Waals surface area (Å²) in [4.78, 5) is 16.9. The Morgan fingerprint density at radius 1 is 0.971 bits per heavy atom. The fourth-order valence-corrected chi connectivity index (χ4v) is 3.78. The first kappa shape index (κ1) is 25.9. The predicted octanol–water partition coefficient (Wildman–Crippen LogP) is 5.22. The van der Waals surface area contributed by atoms with E-state index in [-0.39, 0.29) is 12.0 Å². The largest absolute Gasteiger partial charge is 0.407 e. The Hall–Kier alpha value is -3.70. The molecule has 0 radical (unpaired) electrons. The van der Waals surface area contributed by atoms with E-state index in [1.807, 2.05) is 36.4 Å². The Balaban J connectivity index is 1.78.